The monoisotopic (exact) mass is 448 g/mol. The molecule has 0 fully saturated rings. The SMILES string of the molecule is COc1ccc(C(CC(=O)NCc2ccco2)NS(=O)(=O)c2ccc(Cl)cc2)cc1. The number of methoxy groups -OCH3 is 1. The Bertz CT molecular complexity index is 1070. The number of ether oxygens (including phenoxy) is 1. The fourth-order valence-electron chi connectivity index (χ4n) is 2.79. The zero-order chi connectivity index (χ0) is 21.6. The molecule has 0 bridgehead atoms. The summed E-state index contributed by atoms with van der Waals surface area (Å²) in [4.78, 5) is 12.5. The van der Waals surface area contributed by atoms with Crippen molar-refractivity contribution in [3.8, 4) is 5.75 Å². The van der Waals surface area contributed by atoms with E-state index < -0.39 is 16.1 Å². The van der Waals surface area contributed by atoms with Crippen LogP contribution in [-0.2, 0) is 21.4 Å². The Morgan fingerprint density at radius 1 is 1.10 bits per heavy atom. The van der Waals surface area contributed by atoms with Gasteiger partial charge >= 0.3 is 0 Å². The van der Waals surface area contributed by atoms with E-state index in [1.54, 1.807) is 36.4 Å². The van der Waals surface area contributed by atoms with Gasteiger partial charge in [0, 0.05) is 11.4 Å². The normalized spacial score (nSPS) is 12.3. The summed E-state index contributed by atoms with van der Waals surface area (Å²) in [5.41, 5.74) is 0.626. The van der Waals surface area contributed by atoms with Crippen LogP contribution in [0.15, 0.2) is 76.2 Å². The third-order valence-corrected chi connectivity index (χ3v) is 6.11. The summed E-state index contributed by atoms with van der Waals surface area (Å²) in [6.07, 6.45) is 1.42. The van der Waals surface area contributed by atoms with E-state index in [9.17, 15) is 13.2 Å². The number of furan rings is 1. The summed E-state index contributed by atoms with van der Waals surface area (Å²) in [6, 6.07) is 15.3. The molecule has 9 heteroatoms. The van der Waals surface area contributed by atoms with E-state index in [1.165, 1.54) is 37.6 Å². The lowest BCUT2D eigenvalue weighted by Crippen LogP contribution is -2.33. The molecule has 0 saturated carbocycles. The van der Waals surface area contributed by atoms with Gasteiger partial charge in [-0.15, -0.1) is 0 Å². The second-order valence-corrected chi connectivity index (χ2v) is 8.61. The highest BCUT2D eigenvalue weighted by atomic mass is 35.5. The molecule has 7 nitrogen and oxygen atoms in total. The largest absolute Gasteiger partial charge is 0.497 e. The molecule has 30 heavy (non-hydrogen) atoms. The first kappa shape index (κ1) is 21.9. The molecule has 158 valence electrons. The molecule has 1 heterocycles. The van der Waals surface area contributed by atoms with E-state index in [0.29, 0.717) is 22.1 Å². The number of nitrogens with one attached hydrogen (secondary N) is 2. The molecular formula is C21H21ClN2O5S. The number of sulfonamides is 1. The summed E-state index contributed by atoms with van der Waals surface area (Å²) < 4.78 is 38.7. The highest BCUT2D eigenvalue weighted by Gasteiger charge is 2.24. The molecule has 0 radical (unpaired) electrons. The van der Waals surface area contributed by atoms with Crippen LogP contribution >= 0.6 is 11.6 Å². The van der Waals surface area contributed by atoms with Crippen LogP contribution in [0.5, 0.6) is 5.75 Å². The van der Waals surface area contributed by atoms with Crippen LogP contribution in [0.1, 0.15) is 23.8 Å². The van der Waals surface area contributed by atoms with Gasteiger partial charge in [0.1, 0.15) is 11.5 Å². The van der Waals surface area contributed by atoms with Crippen LogP contribution in [0.2, 0.25) is 5.02 Å². The van der Waals surface area contributed by atoms with Gasteiger partial charge < -0.3 is 14.5 Å². The van der Waals surface area contributed by atoms with Gasteiger partial charge in [0.05, 0.1) is 30.9 Å². The third-order valence-electron chi connectivity index (χ3n) is 4.37. The van der Waals surface area contributed by atoms with Crippen LogP contribution in [0.4, 0.5) is 0 Å². The molecule has 3 rings (SSSR count). The molecule has 0 aliphatic heterocycles. The molecule has 3 aromatic rings. The zero-order valence-electron chi connectivity index (χ0n) is 16.2. The maximum atomic E-state index is 12.9. The molecule has 0 aliphatic rings. The summed E-state index contributed by atoms with van der Waals surface area (Å²) in [7, 11) is -2.34. The van der Waals surface area contributed by atoms with Gasteiger partial charge in [-0.2, -0.15) is 0 Å². The lowest BCUT2D eigenvalue weighted by Gasteiger charge is -2.19. The summed E-state index contributed by atoms with van der Waals surface area (Å²) in [6.45, 7) is 0.213. The number of carbonyl (C=O) groups is 1. The molecule has 1 atom stereocenters. The standard InChI is InChI=1S/C21H21ClN2O5S/c1-28-17-8-4-15(5-9-17)20(13-21(25)23-14-18-3-2-12-29-18)24-30(26,27)19-10-6-16(22)7-11-19/h2-12,20,24H,13-14H2,1H3,(H,23,25). The molecule has 0 saturated heterocycles. The Labute approximate surface area is 180 Å². The van der Waals surface area contributed by atoms with Gasteiger partial charge in [0.15, 0.2) is 0 Å². The van der Waals surface area contributed by atoms with E-state index in [1.807, 2.05) is 0 Å². The minimum atomic E-state index is -3.88. The number of halogens is 1. The van der Waals surface area contributed by atoms with Crippen molar-refractivity contribution in [2.24, 2.45) is 0 Å². The highest BCUT2D eigenvalue weighted by molar-refractivity contribution is 7.89. The van der Waals surface area contributed by atoms with Crippen LogP contribution < -0.4 is 14.8 Å². The number of amides is 1. The fraction of sp³-hybridized carbons (Fsp3) is 0.190. The maximum Gasteiger partial charge on any atom is 0.241 e. The minimum Gasteiger partial charge on any atom is -0.497 e. The number of carbonyl (C=O) groups excluding carboxylic acids is 1. The molecule has 0 aliphatic carbocycles. The van der Waals surface area contributed by atoms with Gasteiger partial charge in [-0.3, -0.25) is 4.79 Å². The summed E-state index contributed by atoms with van der Waals surface area (Å²) >= 11 is 5.85. The number of hydrogen-bond acceptors (Lipinski definition) is 5. The molecule has 1 aromatic heterocycles. The number of hydrogen-bond donors (Lipinski definition) is 2. The van der Waals surface area contributed by atoms with Crippen molar-refractivity contribution in [1.29, 1.82) is 0 Å². The van der Waals surface area contributed by atoms with Crippen molar-refractivity contribution in [2.75, 3.05) is 7.11 Å². The molecule has 2 N–H and O–H groups in total. The van der Waals surface area contributed by atoms with E-state index in [2.05, 4.69) is 10.0 Å². The topological polar surface area (TPSA) is 97.6 Å². The number of benzene rings is 2. The predicted octanol–water partition coefficient (Wildman–Crippen LogP) is 3.67. The van der Waals surface area contributed by atoms with Crippen molar-refractivity contribution in [3.63, 3.8) is 0 Å². The average molecular weight is 449 g/mol. The third kappa shape index (κ3) is 5.85. The zero-order valence-corrected chi connectivity index (χ0v) is 17.7. The lowest BCUT2D eigenvalue weighted by atomic mass is 10.0. The maximum absolute atomic E-state index is 12.9. The first-order valence-corrected chi connectivity index (χ1v) is 10.9. The van der Waals surface area contributed by atoms with Crippen molar-refractivity contribution in [1.82, 2.24) is 10.0 Å². The summed E-state index contributed by atoms with van der Waals surface area (Å²) in [5.74, 6) is 0.900. The Morgan fingerprint density at radius 3 is 2.40 bits per heavy atom. The van der Waals surface area contributed by atoms with Gasteiger partial charge in [0.2, 0.25) is 15.9 Å². The lowest BCUT2D eigenvalue weighted by molar-refractivity contribution is -0.121. The van der Waals surface area contributed by atoms with Gasteiger partial charge in [0.25, 0.3) is 0 Å². The molecule has 0 spiro atoms. The Morgan fingerprint density at radius 2 is 1.80 bits per heavy atom. The van der Waals surface area contributed by atoms with E-state index in [4.69, 9.17) is 20.8 Å². The Hall–Kier alpha value is -2.81. The average Bonchev–Trinajstić information content (AvgIpc) is 3.26. The molecular weight excluding hydrogens is 428 g/mol. The molecule has 1 unspecified atom stereocenters. The second kappa shape index (κ2) is 9.80. The Balaban J connectivity index is 1.79. The molecule has 2 aromatic carbocycles. The highest BCUT2D eigenvalue weighted by Crippen LogP contribution is 2.23. The van der Waals surface area contributed by atoms with Crippen molar-refractivity contribution < 1.29 is 22.4 Å². The van der Waals surface area contributed by atoms with Gasteiger partial charge in [-0.1, -0.05) is 23.7 Å². The van der Waals surface area contributed by atoms with Gasteiger partial charge in [-0.25, -0.2) is 13.1 Å². The Kier molecular flexibility index (Phi) is 7.15. The molecule has 1 amide bonds. The number of rotatable bonds is 9. The van der Waals surface area contributed by atoms with Crippen LogP contribution in [0, 0.1) is 0 Å². The second-order valence-electron chi connectivity index (χ2n) is 6.46. The minimum absolute atomic E-state index is 0.0569. The first-order chi connectivity index (χ1) is 14.4. The summed E-state index contributed by atoms with van der Waals surface area (Å²) in [5, 5.41) is 3.16. The fourth-order valence-corrected chi connectivity index (χ4v) is 4.14. The van der Waals surface area contributed by atoms with E-state index in [-0.39, 0.29) is 23.8 Å². The van der Waals surface area contributed by atoms with E-state index >= 15 is 0 Å². The van der Waals surface area contributed by atoms with Crippen LogP contribution in [0.3, 0.4) is 0 Å². The van der Waals surface area contributed by atoms with Crippen molar-refractivity contribution in [3.05, 3.63) is 83.3 Å². The predicted molar refractivity (Wildman–Crippen MR) is 113 cm³/mol. The van der Waals surface area contributed by atoms with E-state index in [0.717, 1.165) is 0 Å². The van der Waals surface area contributed by atoms with Crippen LogP contribution in [0.25, 0.3) is 0 Å². The van der Waals surface area contributed by atoms with Crippen molar-refractivity contribution in [2.45, 2.75) is 23.9 Å². The van der Waals surface area contributed by atoms with Gasteiger partial charge in [-0.05, 0) is 54.1 Å². The smallest absolute Gasteiger partial charge is 0.241 e. The van der Waals surface area contributed by atoms with Crippen molar-refractivity contribution >= 4 is 27.5 Å². The van der Waals surface area contributed by atoms with Crippen LogP contribution in [-0.4, -0.2) is 21.4 Å². The first-order valence-electron chi connectivity index (χ1n) is 9.08. The quantitative estimate of drug-likeness (QED) is 0.520.